The average Bonchev–Trinajstić information content (AvgIpc) is 2.21. The third-order valence-electron chi connectivity index (χ3n) is 3.27. The fourth-order valence-electron chi connectivity index (χ4n) is 2.37. The van der Waals surface area contributed by atoms with E-state index in [9.17, 15) is 8.78 Å². The fourth-order valence-corrected chi connectivity index (χ4v) is 2.37. The van der Waals surface area contributed by atoms with Crippen molar-refractivity contribution in [3.05, 3.63) is 0 Å². The molecule has 0 aromatic heterocycles. The summed E-state index contributed by atoms with van der Waals surface area (Å²) in [4.78, 5) is 0. The Morgan fingerprint density at radius 1 is 0.714 bits per heavy atom. The van der Waals surface area contributed by atoms with E-state index in [1.807, 2.05) is 0 Å². The normalized spacial score (nSPS) is 45.0. The van der Waals surface area contributed by atoms with Crippen molar-refractivity contribution in [2.75, 3.05) is 13.1 Å². The molecule has 2 aliphatic heterocycles. The van der Waals surface area contributed by atoms with Gasteiger partial charge in [-0.3, -0.25) is 0 Å². The Labute approximate surface area is 83.4 Å². The molecule has 2 saturated heterocycles. The van der Waals surface area contributed by atoms with Gasteiger partial charge in [-0.05, 0) is 25.7 Å². The molecule has 2 aliphatic rings. The summed E-state index contributed by atoms with van der Waals surface area (Å²) in [6, 6.07) is 0.684. The van der Waals surface area contributed by atoms with Gasteiger partial charge in [0, 0.05) is 25.2 Å². The van der Waals surface area contributed by atoms with Gasteiger partial charge in [-0.2, -0.15) is 0 Å². The van der Waals surface area contributed by atoms with Crippen LogP contribution in [0.1, 0.15) is 25.7 Å². The topological polar surface area (TPSA) is 24.1 Å². The van der Waals surface area contributed by atoms with Gasteiger partial charge in [-0.25, -0.2) is 8.78 Å². The Balaban J connectivity index is 1.78. The first-order valence-corrected chi connectivity index (χ1v) is 5.50. The van der Waals surface area contributed by atoms with Gasteiger partial charge in [0.2, 0.25) is 0 Å². The van der Waals surface area contributed by atoms with Gasteiger partial charge < -0.3 is 10.6 Å². The summed E-state index contributed by atoms with van der Waals surface area (Å²) in [5.41, 5.74) is 0. The minimum Gasteiger partial charge on any atom is -0.310 e. The Morgan fingerprint density at radius 2 is 1.14 bits per heavy atom. The number of piperidine rings is 2. The van der Waals surface area contributed by atoms with E-state index in [0.29, 0.717) is 38.0 Å². The van der Waals surface area contributed by atoms with Crippen LogP contribution in [0.2, 0.25) is 0 Å². The fraction of sp³-hybridized carbons (Fsp3) is 1.00. The lowest BCUT2D eigenvalue weighted by Crippen LogP contribution is -2.55. The highest BCUT2D eigenvalue weighted by Crippen LogP contribution is 2.19. The number of halogens is 2. The predicted molar refractivity (Wildman–Crippen MR) is 51.8 cm³/mol. The Morgan fingerprint density at radius 3 is 1.43 bits per heavy atom. The maximum Gasteiger partial charge on any atom is 0.113 e. The molecule has 2 nitrogen and oxygen atoms in total. The van der Waals surface area contributed by atoms with Crippen LogP contribution in [-0.4, -0.2) is 37.5 Å². The van der Waals surface area contributed by atoms with Crippen LogP contribution >= 0.6 is 0 Å². The van der Waals surface area contributed by atoms with E-state index in [4.69, 9.17) is 0 Å². The highest BCUT2D eigenvalue weighted by molar-refractivity contribution is 4.90. The molecule has 14 heavy (non-hydrogen) atoms. The van der Waals surface area contributed by atoms with Crippen molar-refractivity contribution in [3.8, 4) is 0 Å². The van der Waals surface area contributed by atoms with Gasteiger partial charge in [-0.1, -0.05) is 0 Å². The predicted octanol–water partition coefficient (Wildman–Crippen LogP) is 1.17. The van der Waals surface area contributed by atoms with Crippen LogP contribution in [0.3, 0.4) is 0 Å². The first-order chi connectivity index (χ1) is 6.75. The van der Waals surface area contributed by atoms with E-state index in [1.54, 1.807) is 0 Å². The zero-order chi connectivity index (χ0) is 9.97. The standard InChI is InChI=1S/C10H18F2N2/c11-7-1-3-9(13-5-7)10-4-2-8(12)6-14-10/h7-10,13-14H,1-6H2. The van der Waals surface area contributed by atoms with Crippen LogP contribution in [0.15, 0.2) is 0 Å². The van der Waals surface area contributed by atoms with Gasteiger partial charge in [0.05, 0.1) is 0 Å². The molecule has 0 aromatic carbocycles. The number of hydrogen-bond acceptors (Lipinski definition) is 2. The number of alkyl halides is 2. The van der Waals surface area contributed by atoms with Crippen molar-refractivity contribution in [1.29, 1.82) is 0 Å². The van der Waals surface area contributed by atoms with E-state index >= 15 is 0 Å². The molecule has 2 fully saturated rings. The summed E-state index contributed by atoms with van der Waals surface area (Å²) in [7, 11) is 0. The molecule has 82 valence electrons. The summed E-state index contributed by atoms with van der Waals surface area (Å²) in [6.07, 6.45) is 1.66. The number of nitrogens with one attached hydrogen (secondary N) is 2. The third-order valence-corrected chi connectivity index (χ3v) is 3.27. The summed E-state index contributed by atoms with van der Waals surface area (Å²) in [5.74, 6) is 0. The van der Waals surface area contributed by atoms with Gasteiger partial charge in [0.15, 0.2) is 0 Å². The van der Waals surface area contributed by atoms with E-state index in [2.05, 4.69) is 10.6 Å². The van der Waals surface area contributed by atoms with Crippen molar-refractivity contribution < 1.29 is 8.78 Å². The lowest BCUT2D eigenvalue weighted by atomic mass is 9.91. The minimum atomic E-state index is -0.691. The molecule has 0 aromatic rings. The molecule has 0 bridgehead atoms. The first kappa shape index (κ1) is 10.3. The largest absolute Gasteiger partial charge is 0.310 e. The van der Waals surface area contributed by atoms with Gasteiger partial charge in [0.1, 0.15) is 12.3 Å². The molecule has 0 amide bonds. The number of rotatable bonds is 1. The van der Waals surface area contributed by atoms with Crippen LogP contribution in [0.25, 0.3) is 0 Å². The van der Waals surface area contributed by atoms with E-state index in [-0.39, 0.29) is 0 Å². The Kier molecular flexibility index (Phi) is 3.34. The molecule has 2 N–H and O–H groups in total. The maximum absolute atomic E-state index is 12.8. The molecule has 0 spiro atoms. The molecule has 2 rings (SSSR count). The van der Waals surface area contributed by atoms with Gasteiger partial charge in [-0.15, -0.1) is 0 Å². The van der Waals surface area contributed by atoms with E-state index < -0.39 is 12.3 Å². The summed E-state index contributed by atoms with van der Waals surface area (Å²) < 4.78 is 25.7. The van der Waals surface area contributed by atoms with Crippen LogP contribution in [0, 0.1) is 0 Å². The second-order valence-electron chi connectivity index (χ2n) is 4.38. The molecule has 0 saturated carbocycles. The molecule has 2 heterocycles. The summed E-state index contributed by atoms with van der Waals surface area (Å²) in [5, 5.41) is 6.39. The quantitative estimate of drug-likeness (QED) is 0.670. The van der Waals surface area contributed by atoms with Crippen LogP contribution in [0.4, 0.5) is 8.78 Å². The monoisotopic (exact) mass is 204 g/mol. The second-order valence-corrected chi connectivity index (χ2v) is 4.38. The van der Waals surface area contributed by atoms with Gasteiger partial charge >= 0.3 is 0 Å². The smallest absolute Gasteiger partial charge is 0.113 e. The molecule has 4 atom stereocenters. The molecule has 4 heteroatoms. The third kappa shape index (κ3) is 2.42. The zero-order valence-corrected chi connectivity index (χ0v) is 8.31. The van der Waals surface area contributed by atoms with E-state index in [1.165, 1.54) is 0 Å². The number of hydrogen-bond donors (Lipinski definition) is 2. The molecule has 4 unspecified atom stereocenters. The molecule has 0 radical (unpaired) electrons. The molecular formula is C10H18F2N2. The summed E-state index contributed by atoms with van der Waals surface area (Å²) >= 11 is 0. The zero-order valence-electron chi connectivity index (χ0n) is 8.31. The van der Waals surface area contributed by atoms with Crippen molar-refractivity contribution in [3.63, 3.8) is 0 Å². The Hall–Kier alpha value is -0.220. The maximum atomic E-state index is 12.8. The first-order valence-electron chi connectivity index (χ1n) is 5.50. The highest BCUT2D eigenvalue weighted by Gasteiger charge is 2.29. The van der Waals surface area contributed by atoms with Crippen LogP contribution in [-0.2, 0) is 0 Å². The van der Waals surface area contributed by atoms with Crippen molar-refractivity contribution in [1.82, 2.24) is 10.6 Å². The minimum absolute atomic E-state index is 0.342. The highest BCUT2D eigenvalue weighted by atomic mass is 19.1. The Bertz CT molecular complexity index is 153. The van der Waals surface area contributed by atoms with Crippen LogP contribution < -0.4 is 10.6 Å². The molecule has 0 aliphatic carbocycles. The lowest BCUT2D eigenvalue weighted by Gasteiger charge is -2.36. The van der Waals surface area contributed by atoms with Crippen LogP contribution in [0.5, 0.6) is 0 Å². The second kappa shape index (κ2) is 4.53. The molecular weight excluding hydrogens is 186 g/mol. The SMILES string of the molecule is FC1CCC(C2CCC(F)CN2)NC1. The van der Waals surface area contributed by atoms with Crippen molar-refractivity contribution >= 4 is 0 Å². The van der Waals surface area contributed by atoms with Crippen molar-refractivity contribution in [2.24, 2.45) is 0 Å². The lowest BCUT2D eigenvalue weighted by molar-refractivity contribution is 0.166. The van der Waals surface area contributed by atoms with E-state index in [0.717, 1.165) is 12.8 Å². The average molecular weight is 204 g/mol. The van der Waals surface area contributed by atoms with Crippen molar-refractivity contribution in [2.45, 2.75) is 50.1 Å². The summed E-state index contributed by atoms with van der Waals surface area (Å²) in [6.45, 7) is 0.920. The van der Waals surface area contributed by atoms with Gasteiger partial charge in [0.25, 0.3) is 0 Å².